The SMILES string of the molecule is O=C1C(=O)N(C2CCN(S(=O)(=O)c3ccc(F)cc3)CC2)CCN1Cc1ccccc1. The van der Waals surface area contributed by atoms with Crippen LogP contribution in [0.5, 0.6) is 0 Å². The number of halogens is 1. The molecular weight excluding hydrogens is 421 g/mol. The van der Waals surface area contributed by atoms with Crippen LogP contribution in [0.15, 0.2) is 59.5 Å². The number of hydrogen-bond donors (Lipinski definition) is 0. The average molecular weight is 446 g/mol. The Balaban J connectivity index is 1.36. The van der Waals surface area contributed by atoms with E-state index in [4.69, 9.17) is 0 Å². The van der Waals surface area contributed by atoms with Crippen LogP contribution in [0.1, 0.15) is 18.4 Å². The van der Waals surface area contributed by atoms with Gasteiger partial charge >= 0.3 is 11.8 Å². The number of nitrogens with zero attached hydrogens (tertiary/aromatic N) is 3. The number of hydrogen-bond acceptors (Lipinski definition) is 4. The molecule has 2 heterocycles. The Morgan fingerprint density at radius 3 is 2.13 bits per heavy atom. The van der Waals surface area contributed by atoms with Crippen molar-refractivity contribution in [3.8, 4) is 0 Å². The van der Waals surface area contributed by atoms with Gasteiger partial charge in [0.05, 0.1) is 4.90 Å². The Bertz CT molecular complexity index is 1050. The molecule has 0 radical (unpaired) electrons. The van der Waals surface area contributed by atoms with Gasteiger partial charge in [-0.1, -0.05) is 30.3 Å². The third kappa shape index (κ3) is 4.47. The van der Waals surface area contributed by atoms with Crippen molar-refractivity contribution in [1.29, 1.82) is 0 Å². The maximum Gasteiger partial charge on any atom is 0.312 e. The highest BCUT2D eigenvalue weighted by Gasteiger charge is 2.39. The van der Waals surface area contributed by atoms with Crippen molar-refractivity contribution in [2.75, 3.05) is 26.2 Å². The van der Waals surface area contributed by atoms with Gasteiger partial charge in [-0.15, -0.1) is 0 Å². The first-order chi connectivity index (χ1) is 14.9. The summed E-state index contributed by atoms with van der Waals surface area (Å²) in [6.07, 6.45) is 0.913. The third-order valence-corrected chi connectivity index (χ3v) is 7.79. The summed E-state index contributed by atoms with van der Waals surface area (Å²) >= 11 is 0. The van der Waals surface area contributed by atoms with E-state index in [2.05, 4.69) is 0 Å². The highest BCUT2D eigenvalue weighted by atomic mass is 32.2. The van der Waals surface area contributed by atoms with Crippen LogP contribution >= 0.6 is 0 Å². The van der Waals surface area contributed by atoms with Crippen LogP contribution in [0.2, 0.25) is 0 Å². The van der Waals surface area contributed by atoms with Gasteiger partial charge in [0.2, 0.25) is 10.0 Å². The summed E-state index contributed by atoms with van der Waals surface area (Å²) in [4.78, 5) is 28.5. The molecule has 0 aromatic heterocycles. The zero-order chi connectivity index (χ0) is 22.0. The van der Waals surface area contributed by atoms with Gasteiger partial charge in [-0.2, -0.15) is 4.31 Å². The molecule has 0 aliphatic carbocycles. The van der Waals surface area contributed by atoms with E-state index in [0.29, 0.717) is 32.5 Å². The molecule has 7 nitrogen and oxygen atoms in total. The van der Waals surface area contributed by atoms with E-state index in [1.165, 1.54) is 16.4 Å². The Hall–Kier alpha value is -2.78. The molecule has 2 aromatic carbocycles. The highest BCUT2D eigenvalue weighted by molar-refractivity contribution is 7.89. The lowest BCUT2D eigenvalue weighted by atomic mass is 10.0. The zero-order valence-electron chi connectivity index (χ0n) is 17.0. The molecule has 4 rings (SSSR count). The van der Waals surface area contributed by atoms with Crippen LogP contribution in [0.4, 0.5) is 4.39 Å². The Labute approximate surface area is 181 Å². The van der Waals surface area contributed by atoms with E-state index in [-0.39, 0.29) is 24.0 Å². The predicted molar refractivity (Wildman–Crippen MR) is 112 cm³/mol. The summed E-state index contributed by atoms with van der Waals surface area (Å²) in [5.74, 6) is -1.54. The monoisotopic (exact) mass is 445 g/mol. The molecule has 9 heteroatoms. The fraction of sp³-hybridized carbons (Fsp3) is 0.364. The second-order valence-electron chi connectivity index (χ2n) is 7.80. The molecule has 164 valence electrons. The molecule has 31 heavy (non-hydrogen) atoms. The first-order valence-corrected chi connectivity index (χ1v) is 11.7. The summed E-state index contributed by atoms with van der Waals surface area (Å²) in [7, 11) is -3.71. The maximum absolute atomic E-state index is 13.1. The Kier molecular flexibility index (Phi) is 6.06. The van der Waals surface area contributed by atoms with Gasteiger partial charge in [0, 0.05) is 38.8 Å². The van der Waals surface area contributed by atoms with Crippen LogP contribution < -0.4 is 0 Å². The zero-order valence-corrected chi connectivity index (χ0v) is 17.8. The first-order valence-electron chi connectivity index (χ1n) is 10.3. The lowest BCUT2D eigenvalue weighted by Crippen LogP contribution is -2.58. The van der Waals surface area contributed by atoms with Crippen LogP contribution in [0.3, 0.4) is 0 Å². The number of rotatable bonds is 5. The molecule has 0 unspecified atom stereocenters. The molecule has 2 aromatic rings. The number of piperidine rings is 1. The van der Waals surface area contributed by atoms with E-state index in [1.807, 2.05) is 30.3 Å². The summed E-state index contributed by atoms with van der Waals surface area (Å²) in [6.45, 7) is 1.78. The van der Waals surface area contributed by atoms with Gasteiger partial charge in [-0.05, 0) is 42.7 Å². The third-order valence-electron chi connectivity index (χ3n) is 5.87. The van der Waals surface area contributed by atoms with Crippen LogP contribution in [0, 0.1) is 5.82 Å². The minimum atomic E-state index is -3.71. The molecule has 0 spiro atoms. The van der Waals surface area contributed by atoms with Crippen molar-refractivity contribution >= 4 is 21.8 Å². The summed E-state index contributed by atoms with van der Waals surface area (Å²) in [6, 6.07) is 14.1. The first kappa shape index (κ1) is 21.5. The quantitative estimate of drug-likeness (QED) is 0.658. The van der Waals surface area contributed by atoms with Crippen molar-refractivity contribution < 1.29 is 22.4 Å². The smallest absolute Gasteiger partial charge is 0.312 e. The van der Waals surface area contributed by atoms with Crippen molar-refractivity contribution in [2.24, 2.45) is 0 Å². The Morgan fingerprint density at radius 2 is 1.48 bits per heavy atom. The van der Waals surface area contributed by atoms with Gasteiger partial charge in [-0.25, -0.2) is 12.8 Å². The van der Waals surface area contributed by atoms with Crippen LogP contribution in [-0.4, -0.2) is 66.6 Å². The van der Waals surface area contributed by atoms with Crippen molar-refractivity contribution in [2.45, 2.75) is 30.3 Å². The molecule has 2 aliphatic rings. The van der Waals surface area contributed by atoms with Crippen molar-refractivity contribution in [3.05, 3.63) is 66.0 Å². The van der Waals surface area contributed by atoms with E-state index >= 15 is 0 Å². The van der Waals surface area contributed by atoms with Gasteiger partial charge in [0.15, 0.2) is 0 Å². The lowest BCUT2D eigenvalue weighted by molar-refractivity contribution is -0.158. The van der Waals surface area contributed by atoms with E-state index < -0.39 is 27.7 Å². The molecule has 2 amide bonds. The van der Waals surface area contributed by atoms with E-state index in [9.17, 15) is 22.4 Å². The van der Waals surface area contributed by atoms with Crippen LogP contribution in [-0.2, 0) is 26.2 Å². The summed E-state index contributed by atoms with van der Waals surface area (Å²) in [5, 5.41) is 0. The van der Waals surface area contributed by atoms with Gasteiger partial charge in [-0.3, -0.25) is 9.59 Å². The summed E-state index contributed by atoms with van der Waals surface area (Å²) in [5.41, 5.74) is 0.969. The number of carbonyl (C=O) groups excluding carboxylic acids is 2. The molecule has 0 bridgehead atoms. The summed E-state index contributed by atoms with van der Waals surface area (Å²) < 4.78 is 40.0. The van der Waals surface area contributed by atoms with Gasteiger partial charge in [0.25, 0.3) is 0 Å². The number of amides is 2. The fourth-order valence-corrected chi connectivity index (χ4v) is 5.61. The van der Waals surface area contributed by atoms with Gasteiger partial charge in [0.1, 0.15) is 5.82 Å². The lowest BCUT2D eigenvalue weighted by Gasteiger charge is -2.41. The second-order valence-corrected chi connectivity index (χ2v) is 9.74. The Morgan fingerprint density at radius 1 is 0.839 bits per heavy atom. The second kappa shape index (κ2) is 8.76. The number of carbonyl (C=O) groups is 2. The minimum Gasteiger partial charge on any atom is -0.330 e. The number of benzene rings is 2. The average Bonchev–Trinajstić information content (AvgIpc) is 2.78. The number of sulfonamides is 1. The standard InChI is InChI=1S/C22H24FN3O4S/c23-18-6-8-20(9-7-18)31(29,30)25-12-10-19(11-13-25)26-15-14-24(21(27)22(26)28)16-17-4-2-1-3-5-17/h1-9,19H,10-16H2. The normalized spacial score (nSPS) is 19.1. The minimum absolute atomic E-state index is 0.0492. The largest absolute Gasteiger partial charge is 0.330 e. The van der Waals surface area contributed by atoms with E-state index in [0.717, 1.165) is 17.7 Å². The topological polar surface area (TPSA) is 78.0 Å². The maximum atomic E-state index is 13.1. The molecular formula is C22H24FN3O4S. The molecule has 0 atom stereocenters. The molecule has 0 N–H and O–H groups in total. The molecule has 2 saturated heterocycles. The van der Waals surface area contributed by atoms with Gasteiger partial charge < -0.3 is 9.80 Å². The highest BCUT2D eigenvalue weighted by Crippen LogP contribution is 2.25. The fourth-order valence-electron chi connectivity index (χ4n) is 4.14. The van der Waals surface area contributed by atoms with E-state index in [1.54, 1.807) is 9.80 Å². The van der Waals surface area contributed by atoms with Crippen molar-refractivity contribution in [3.63, 3.8) is 0 Å². The molecule has 2 aliphatic heterocycles. The molecule has 2 fully saturated rings. The molecule has 0 saturated carbocycles. The predicted octanol–water partition coefficient (Wildman–Crippen LogP) is 1.85. The van der Waals surface area contributed by atoms with Crippen LogP contribution in [0.25, 0.3) is 0 Å². The van der Waals surface area contributed by atoms with Crippen molar-refractivity contribution in [1.82, 2.24) is 14.1 Å². The number of piperazine rings is 1.